The normalized spacial score (nSPS) is 10.1. The van der Waals surface area contributed by atoms with Gasteiger partial charge in [0.05, 0.1) is 19.0 Å². The molecule has 0 bridgehead atoms. The van der Waals surface area contributed by atoms with Crippen LogP contribution in [0.5, 0.6) is 11.6 Å². The molecule has 5 heteroatoms. The van der Waals surface area contributed by atoms with Gasteiger partial charge in [0.15, 0.2) is 0 Å². The SMILES string of the molecule is Nc1cnc(Oc2cccc(CO)c2)cn1. The van der Waals surface area contributed by atoms with Crippen LogP contribution in [-0.2, 0) is 6.61 Å². The van der Waals surface area contributed by atoms with Gasteiger partial charge in [0, 0.05) is 0 Å². The Bertz CT molecular complexity index is 471. The lowest BCUT2D eigenvalue weighted by atomic mass is 10.2. The lowest BCUT2D eigenvalue weighted by molar-refractivity contribution is 0.281. The van der Waals surface area contributed by atoms with E-state index in [-0.39, 0.29) is 6.61 Å². The molecule has 0 aliphatic rings. The van der Waals surface area contributed by atoms with Crippen molar-refractivity contribution >= 4 is 5.82 Å². The van der Waals surface area contributed by atoms with Gasteiger partial charge < -0.3 is 15.6 Å². The molecule has 0 radical (unpaired) electrons. The highest BCUT2D eigenvalue weighted by atomic mass is 16.5. The summed E-state index contributed by atoms with van der Waals surface area (Å²) in [6, 6.07) is 7.11. The number of aromatic nitrogens is 2. The first-order valence-corrected chi connectivity index (χ1v) is 4.73. The van der Waals surface area contributed by atoms with E-state index in [1.54, 1.807) is 18.2 Å². The summed E-state index contributed by atoms with van der Waals surface area (Å²) in [5.41, 5.74) is 6.18. The van der Waals surface area contributed by atoms with E-state index in [9.17, 15) is 0 Å². The first-order valence-electron chi connectivity index (χ1n) is 4.73. The molecule has 0 amide bonds. The Labute approximate surface area is 92.5 Å². The lowest BCUT2D eigenvalue weighted by Crippen LogP contribution is -1.94. The summed E-state index contributed by atoms with van der Waals surface area (Å²) in [7, 11) is 0. The topological polar surface area (TPSA) is 81.3 Å². The predicted octanol–water partition coefficient (Wildman–Crippen LogP) is 1.34. The Kier molecular flexibility index (Phi) is 2.98. The molecule has 2 aromatic rings. The van der Waals surface area contributed by atoms with E-state index >= 15 is 0 Å². The summed E-state index contributed by atoms with van der Waals surface area (Å²) in [4.78, 5) is 7.82. The van der Waals surface area contributed by atoms with Gasteiger partial charge in [-0.15, -0.1) is 0 Å². The first kappa shape index (κ1) is 10.4. The van der Waals surface area contributed by atoms with E-state index in [0.29, 0.717) is 17.4 Å². The van der Waals surface area contributed by atoms with Crippen molar-refractivity contribution < 1.29 is 9.84 Å². The fourth-order valence-corrected chi connectivity index (χ4v) is 1.21. The van der Waals surface area contributed by atoms with Gasteiger partial charge in [0.1, 0.15) is 11.6 Å². The van der Waals surface area contributed by atoms with Gasteiger partial charge >= 0.3 is 0 Å². The molecule has 1 heterocycles. The number of nitrogens with zero attached hydrogens (tertiary/aromatic N) is 2. The zero-order chi connectivity index (χ0) is 11.4. The standard InChI is InChI=1S/C11H11N3O2/c12-10-5-14-11(6-13-10)16-9-3-1-2-8(4-9)7-15/h1-6,15H,7H2,(H2,12,13). The van der Waals surface area contributed by atoms with Crippen LogP contribution in [0.2, 0.25) is 0 Å². The largest absolute Gasteiger partial charge is 0.437 e. The van der Waals surface area contributed by atoms with E-state index in [2.05, 4.69) is 9.97 Å². The van der Waals surface area contributed by atoms with Crippen molar-refractivity contribution in [1.82, 2.24) is 9.97 Å². The summed E-state index contributed by atoms with van der Waals surface area (Å²) < 4.78 is 5.44. The highest BCUT2D eigenvalue weighted by molar-refractivity contribution is 5.32. The van der Waals surface area contributed by atoms with Crippen LogP contribution in [0.3, 0.4) is 0 Å². The van der Waals surface area contributed by atoms with Crippen LogP contribution in [0, 0.1) is 0 Å². The molecular formula is C11H11N3O2. The summed E-state index contributed by atoms with van der Waals surface area (Å²) in [5.74, 6) is 1.31. The molecule has 2 rings (SSSR count). The van der Waals surface area contributed by atoms with Gasteiger partial charge in [-0.05, 0) is 17.7 Å². The average molecular weight is 217 g/mol. The van der Waals surface area contributed by atoms with Gasteiger partial charge in [-0.2, -0.15) is 0 Å². The molecular weight excluding hydrogens is 206 g/mol. The molecule has 0 aliphatic carbocycles. The second-order valence-electron chi connectivity index (χ2n) is 3.19. The minimum atomic E-state index is -0.0232. The number of hydrogen-bond donors (Lipinski definition) is 2. The fraction of sp³-hybridized carbons (Fsp3) is 0.0909. The second kappa shape index (κ2) is 4.59. The van der Waals surface area contributed by atoms with E-state index < -0.39 is 0 Å². The van der Waals surface area contributed by atoms with E-state index in [0.717, 1.165) is 5.56 Å². The molecule has 3 N–H and O–H groups in total. The first-order chi connectivity index (χ1) is 7.78. The molecule has 0 spiro atoms. The third kappa shape index (κ3) is 2.46. The van der Waals surface area contributed by atoms with Crippen LogP contribution >= 0.6 is 0 Å². The maximum Gasteiger partial charge on any atom is 0.237 e. The van der Waals surface area contributed by atoms with Crippen LogP contribution in [0.1, 0.15) is 5.56 Å². The van der Waals surface area contributed by atoms with Gasteiger partial charge in [0.2, 0.25) is 5.88 Å². The Morgan fingerprint density at radius 3 is 2.81 bits per heavy atom. The maximum atomic E-state index is 8.96. The monoisotopic (exact) mass is 217 g/mol. The van der Waals surface area contributed by atoms with Crippen molar-refractivity contribution in [1.29, 1.82) is 0 Å². The maximum absolute atomic E-state index is 8.96. The molecule has 5 nitrogen and oxygen atoms in total. The average Bonchev–Trinajstić information content (AvgIpc) is 2.32. The zero-order valence-electron chi connectivity index (χ0n) is 8.50. The number of anilines is 1. The van der Waals surface area contributed by atoms with Crippen molar-refractivity contribution in [2.24, 2.45) is 0 Å². The Hall–Kier alpha value is -2.14. The number of nitrogens with two attached hydrogens (primary N) is 1. The van der Waals surface area contributed by atoms with Gasteiger partial charge in [-0.1, -0.05) is 12.1 Å². The van der Waals surface area contributed by atoms with Crippen molar-refractivity contribution in [2.75, 3.05) is 5.73 Å². The minimum Gasteiger partial charge on any atom is -0.437 e. The Balaban J connectivity index is 2.16. The molecule has 0 saturated carbocycles. The number of aliphatic hydroxyl groups excluding tert-OH is 1. The summed E-state index contributed by atoms with van der Waals surface area (Å²) in [6.45, 7) is -0.0232. The lowest BCUT2D eigenvalue weighted by Gasteiger charge is -2.05. The summed E-state index contributed by atoms with van der Waals surface area (Å²) in [5, 5.41) is 8.96. The van der Waals surface area contributed by atoms with Crippen LogP contribution in [0.25, 0.3) is 0 Å². The van der Waals surface area contributed by atoms with Crippen LogP contribution < -0.4 is 10.5 Å². The van der Waals surface area contributed by atoms with E-state index in [1.807, 2.05) is 6.07 Å². The van der Waals surface area contributed by atoms with Crippen molar-refractivity contribution in [3.63, 3.8) is 0 Å². The number of aliphatic hydroxyl groups is 1. The third-order valence-corrected chi connectivity index (χ3v) is 1.95. The molecule has 16 heavy (non-hydrogen) atoms. The molecule has 0 unspecified atom stereocenters. The number of ether oxygens (including phenoxy) is 1. The van der Waals surface area contributed by atoms with Gasteiger partial charge in [0.25, 0.3) is 0 Å². The number of benzene rings is 1. The van der Waals surface area contributed by atoms with Crippen LogP contribution in [0.4, 0.5) is 5.82 Å². The fourth-order valence-electron chi connectivity index (χ4n) is 1.21. The van der Waals surface area contributed by atoms with Crippen LogP contribution in [-0.4, -0.2) is 15.1 Å². The quantitative estimate of drug-likeness (QED) is 0.810. The van der Waals surface area contributed by atoms with Gasteiger partial charge in [-0.3, -0.25) is 0 Å². The van der Waals surface area contributed by atoms with E-state index in [4.69, 9.17) is 15.6 Å². The zero-order valence-corrected chi connectivity index (χ0v) is 8.50. The molecule has 82 valence electrons. The number of rotatable bonds is 3. The molecule has 1 aromatic heterocycles. The van der Waals surface area contributed by atoms with Crippen molar-refractivity contribution in [2.45, 2.75) is 6.61 Å². The highest BCUT2D eigenvalue weighted by Crippen LogP contribution is 2.19. The molecule has 0 saturated heterocycles. The molecule has 0 fully saturated rings. The van der Waals surface area contributed by atoms with E-state index in [1.165, 1.54) is 12.4 Å². The second-order valence-corrected chi connectivity index (χ2v) is 3.19. The predicted molar refractivity (Wildman–Crippen MR) is 58.9 cm³/mol. The van der Waals surface area contributed by atoms with Crippen LogP contribution in [0.15, 0.2) is 36.7 Å². The Morgan fingerprint density at radius 2 is 2.12 bits per heavy atom. The summed E-state index contributed by atoms with van der Waals surface area (Å²) in [6.07, 6.45) is 2.87. The number of hydrogen-bond acceptors (Lipinski definition) is 5. The third-order valence-electron chi connectivity index (χ3n) is 1.95. The molecule has 0 atom stereocenters. The minimum absolute atomic E-state index is 0.0232. The van der Waals surface area contributed by atoms with Crippen molar-refractivity contribution in [3.05, 3.63) is 42.2 Å². The molecule has 1 aromatic carbocycles. The highest BCUT2D eigenvalue weighted by Gasteiger charge is 2.00. The number of nitrogen functional groups attached to an aromatic ring is 1. The smallest absolute Gasteiger partial charge is 0.237 e. The Morgan fingerprint density at radius 1 is 1.25 bits per heavy atom. The molecule has 0 aliphatic heterocycles. The van der Waals surface area contributed by atoms with Gasteiger partial charge in [-0.25, -0.2) is 9.97 Å². The van der Waals surface area contributed by atoms with Crippen molar-refractivity contribution in [3.8, 4) is 11.6 Å². The summed E-state index contributed by atoms with van der Waals surface area (Å²) >= 11 is 0.